The Bertz CT molecular complexity index is 1620. The van der Waals surface area contributed by atoms with Gasteiger partial charge in [-0.05, 0) is 80.0 Å². The third-order valence-electron chi connectivity index (χ3n) is 9.12. The second kappa shape index (κ2) is 12.7. The molecule has 1 amide bonds. The molecule has 2 unspecified atom stereocenters. The van der Waals surface area contributed by atoms with Crippen LogP contribution in [0.5, 0.6) is 5.75 Å². The van der Waals surface area contributed by atoms with Gasteiger partial charge in [-0.15, -0.1) is 0 Å². The van der Waals surface area contributed by atoms with E-state index in [9.17, 15) is 17.6 Å². The number of piperazine rings is 1. The van der Waals surface area contributed by atoms with E-state index in [4.69, 9.17) is 21.1 Å². The van der Waals surface area contributed by atoms with Crippen LogP contribution in [-0.4, -0.2) is 75.7 Å². The molecule has 44 heavy (non-hydrogen) atoms. The zero-order valence-electron chi connectivity index (χ0n) is 24.9. The number of likely N-dealkylation sites (tertiary alicyclic amines) is 1. The number of anilines is 1. The van der Waals surface area contributed by atoms with Crippen LogP contribution in [0.15, 0.2) is 65.6 Å². The van der Waals surface area contributed by atoms with Crippen LogP contribution in [0.1, 0.15) is 53.1 Å². The highest BCUT2D eigenvalue weighted by Crippen LogP contribution is 2.44. The van der Waals surface area contributed by atoms with E-state index in [-0.39, 0.29) is 40.3 Å². The normalized spacial score (nSPS) is 21.1. The Morgan fingerprint density at radius 1 is 0.977 bits per heavy atom. The molecule has 11 heteroatoms. The number of hydrogen-bond acceptors (Lipinski definition) is 6. The van der Waals surface area contributed by atoms with Crippen LogP contribution in [0.4, 0.5) is 10.1 Å². The quantitative estimate of drug-likeness (QED) is 0.288. The van der Waals surface area contributed by atoms with Gasteiger partial charge < -0.3 is 19.3 Å². The summed E-state index contributed by atoms with van der Waals surface area (Å²) in [6.45, 7) is 3.63. The van der Waals surface area contributed by atoms with Gasteiger partial charge in [0.1, 0.15) is 11.6 Å². The van der Waals surface area contributed by atoms with Crippen LogP contribution < -0.4 is 9.64 Å². The zero-order chi connectivity index (χ0) is 31.0. The van der Waals surface area contributed by atoms with E-state index >= 15 is 0 Å². The van der Waals surface area contributed by atoms with Crippen molar-refractivity contribution >= 4 is 33.2 Å². The summed E-state index contributed by atoms with van der Waals surface area (Å²) in [4.78, 5) is 17.6. The van der Waals surface area contributed by atoms with Gasteiger partial charge in [-0.1, -0.05) is 41.9 Å². The van der Waals surface area contributed by atoms with E-state index < -0.39 is 15.8 Å². The predicted octanol–water partition coefficient (Wildman–Crippen LogP) is 5.83. The van der Waals surface area contributed by atoms with Crippen molar-refractivity contribution in [3.05, 3.63) is 88.2 Å². The van der Waals surface area contributed by atoms with Gasteiger partial charge >= 0.3 is 0 Å². The molecule has 3 aromatic rings. The van der Waals surface area contributed by atoms with Crippen LogP contribution in [0.25, 0.3) is 0 Å². The minimum absolute atomic E-state index is 0.0176. The van der Waals surface area contributed by atoms with Crippen LogP contribution in [-0.2, 0) is 14.8 Å². The number of carbonyl (C=O) groups is 1. The summed E-state index contributed by atoms with van der Waals surface area (Å²) in [7, 11) is -2.22. The number of fused-ring (bicyclic) bond motifs is 2. The van der Waals surface area contributed by atoms with Crippen molar-refractivity contribution in [1.82, 2.24) is 9.21 Å². The Morgan fingerprint density at radius 3 is 2.30 bits per heavy atom. The molecule has 234 valence electrons. The summed E-state index contributed by atoms with van der Waals surface area (Å²) in [6.07, 6.45) is 3.20. The highest BCUT2D eigenvalue weighted by Gasteiger charge is 2.44. The minimum Gasteiger partial charge on any atom is -0.465 e. The lowest BCUT2D eigenvalue weighted by molar-refractivity contribution is 0.0506. The van der Waals surface area contributed by atoms with Crippen molar-refractivity contribution in [3.63, 3.8) is 0 Å². The topological polar surface area (TPSA) is 79.4 Å². The fourth-order valence-corrected chi connectivity index (χ4v) is 8.79. The summed E-state index contributed by atoms with van der Waals surface area (Å²) in [6, 6.07) is 17.4. The molecular weight excluding hydrogens is 605 g/mol. The number of carbonyl (C=O) groups excluding carboxylic acids is 1. The number of rotatable bonds is 8. The Hall–Kier alpha value is -3.18. The molecule has 3 fully saturated rings. The van der Waals surface area contributed by atoms with Gasteiger partial charge in [0.15, 0.2) is 6.79 Å². The van der Waals surface area contributed by atoms with E-state index in [0.29, 0.717) is 49.1 Å². The summed E-state index contributed by atoms with van der Waals surface area (Å²) < 4.78 is 54.5. The molecule has 3 aliphatic heterocycles. The van der Waals surface area contributed by atoms with E-state index in [2.05, 4.69) is 17.0 Å². The highest BCUT2D eigenvalue weighted by atomic mass is 35.5. The molecular formula is C33H37ClFN3O5S. The Labute approximate surface area is 263 Å². The number of piperidine rings is 1. The summed E-state index contributed by atoms with van der Waals surface area (Å²) in [5.41, 5.74) is 2.91. The fourth-order valence-electron chi connectivity index (χ4n) is 6.97. The Morgan fingerprint density at radius 2 is 1.66 bits per heavy atom. The maximum absolute atomic E-state index is 14.0. The molecule has 2 atom stereocenters. The fraction of sp³-hybridized carbons (Fsp3) is 0.424. The number of ether oxygens (including phenoxy) is 2. The Balaban J connectivity index is 1.27. The third kappa shape index (κ3) is 5.92. The number of halogens is 2. The van der Waals surface area contributed by atoms with Gasteiger partial charge in [-0.25, -0.2) is 12.8 Å². The largest absolute Gasteiger partial charge is 0.465 e. The molecule has 6 rings (SSSR count). The molecule has 8 nitrogen and oxygen atoms in total. The average molecular weight is 642 g/mol. The van der Waals surface area contributed by atoms with Crippen molar-refractivity contribution < 1.29 is 27.1 Å². The Kier molecular flexibility index (Phi) is 8.88. The first kappa shape index (κ1) is 30.8. The second-order valence-corrected chi connectivity index (χ2v) is 14.2. The van der Waals surface area contributed by atoms with Gasteiger partial charge in [0.25, 0.3) is 5.91 Å². The lowest BCUT2D eigenvalue weighted by Crippen LogP contribution is -2.55. The van der Waals surface area contributed by atoms with Gasteiger partial charge in [-0.3, -0.25) is 4.79 Å². The van der Waals surface area contributed by atoms with Crippen LogP contribution >= 0.6 is 11.6 Å². The van der Waals surface area contributed by atoms with Crippen LogP contribution in [0, 0.1) is 12.7 Å². The summed E-state index contributed by atoms with van der Waals surface area (Å²) in [5.74, 6) is 0.177. The van der Waals surface area contributed by atoms with Crippen molar-refractivity contribution in [2.75, 3.05) is 45.0 Å². The number of methoxy groups -OCH3 is 1. The molecule has 2 bridgehead atoms. The molecule has 0 N–H and O–H groups in total. The van der Waals surface area contributed by atoms with Gasteiger partial charge in [0.05, 0.1) is 21.2 Å². The lowest BCUT2D eigenvalue weighted by Gasteiger charge is -2.43. The van der Waals surface area contributed by atoms with Crippen molar-refractivity contribution in [2.45, 2.75) is 55.5 Å². The molecule has 0 radical (unpaired) electrons. The van der Waals surface area contributed by atoms with E-state index in [1.807, 2.05) is 25.1 Å². The molecule has 3 heterocycles. The number of sulfonamides is 1. The molecule has 0 saturated carbocycles. The summed E-state index contributed by atoms with van der Waals surface area (Å²) in [5, 5.41) is 0.0846. The third-order valence-corrected chi connectivity index (χ3v) is 11.3. The smallest absolute Gasteiger partial charge is 0.255 e. The number of benzene rings is 3. The van der Waals surface area contributed by atoms with E-state index in [1.54, 1.807) is 28.4 Å². The number of nitrogens with zero attached hydrogens (tertiary/aromatic N) is 3. The van der Waals surface area contributed by atoms with E-state index in [1.165, 1.54) is 17.7 Å². The first-order chi connectivity index (χ1) is 21.2. The summed E-state index contributed by atoms with van der Waals surface area (Å²) >= 11 is 6.22. The number of amides is 1. The van der Waals surface area contributed by atoms with Crippen molar-refractivity contribution in [3.8, 4) is 5.75 Å². The lowest BCUT2D eigenvalue weighted by atomic mass is 9.90. The van der Waals surface area contributed by atoms with Crippen LogP contribution in [0.3, 0.4) is 0 Å². The van der Waals surface area contributed by atoms with Crippen LogP contribution in [0.2, 0.25) is 5.02 Å². The monoisotopic (exact) mass is 641 g/mol. The molecule has 0 aromatic heterocycles. The molecule has 0 spiro atoms. The van der Waals surface area contributed by atoms with Gasteiger partial charge in [-0.2, -0.15) is 4.31 Å². The first-order valence-electron chi connectivity index (χ1n) is 15.0. The second-order valence-electron chi connectivity index (χ2n) is 11.9. The van der Waals surface area contributed by atoms with E-state index in [0.717, 1.165) is 31.7 Å². The molecule has 0 aliphatic carbocycles. The van der Waals surface area contributed by atoms with Crippen molar-refractivity contribution in [1.29, 1.82) is 0 Å². The maximum atomic E-state index is 14.0. The number of aryl methyl sites for hydroxylation is 1. The maximum Gasteiger partial charge on any atom is 0.255 e. The van der Waals surface area contributed by atoms with Gasteiger partial charge in [0.2, 0.25) is 10.0 Å². The first-order valence-corrected chi connectivity index (χ1v) is 16.8. The zero-order valence-corrected chi connectivity index (χ0v) is 26.5. The number of hydrogen-bond donors (Lipinski definition) is 0. The molecule has 3 aromatic carbocycles. The highest BCUT2D eigenvalue weighted by molar-refractivity contribution is 7.89. The predicted molar refractivity (Wildman–Crippen MR) is 167 cm³/mol. The minimum atomic E-state index is -3.76. The van der Waals surface area contributed by atoms with Crippen molar-refractivity contribution in [2.24, 2.45) is 0 Å². The SMILES string of the molecule is COCOc1c(C)cc(S(=O)(=O)N2CCC(c3ccccc3)CC2)cc1N1C2CCC1CN(C(=O)c1ccc(F)cc1Cl)C2. The molecule has 3 aliphatic rings. The standard InChI is InChI=1S/C33H37ClFN3O5S/c1-22-16-28(44(40,41)37-14-12-24(13-15-37)23-6-4-3-5-7-23)18-31(32(22)43-21-42-2)38-26-9-10-27(38)20-36(19-26)33(39)29-11-8-25(35)17-30(29)34/h3-8,11,16-18,24,26-27H,9-10,12-15,19-21H2,1-2H3. The average Bonchev–Trinajstić information content (AvgIpc) is 3.28. The van der Waals surface area contributed by atoms with Gasteiger partial charge in [0, 0.05) is 45.4 Å². The molecule has 3 saturated heterocycles.